The molecule has 0 aliphatic rings. The number of nitrogens with zero attached hydrogens (tertiary/aromatic N) is 3. The maximum absolute atomic E-state index is 5.59. The monoisotopic (exact) mass is 246 g/mol. The molecule has 0 saturated heterocycles. The summed E-state index contributed by atoms with van der Waals surface area (Å²) in [5.41, 5.74) is 7.70. The third-order valence-corrected chi connectivity index (χ3v) is 2.92. The van der Waals surface area contributed by atoms with Crippen molar-refractivity contribution < 1.29 is 4.52 Å². The molecular weight excluding hydrogens is 228 g/mol. The summed E-state index contributed by atoms with van der Waals surface area (Å²) in [4.78, 5) is 8.52. The topological polar surface area (TPSA) is 77.8 Å². The zero-order chi connectivity index (χ0) is 13.0. The highest BCUT2D eigenvalue weighted by molar-refractivity contribution is 5.58. The summed E-state index contributed by atoms with van der Waals surface area (Å²) in [6, 6.07) is 1.92. The standard InChI is InChI=1S/C13H18N4O/c1-3-10-8-15-5-4-11(10)13-16-12(18-17-13)6-9(2)7-14/h4-5,8-9H,3,6-7,14H2,1-2H3. The Morgan fingerprint density at radius 3 is 3.00 bits per heavy atom. The minimum Gasteiger partial charge on any atom is -0.339 e. The van der Waals surface area contributed by atoms with Gasteiger partial charge in [-0.2, -0.15) is 4.98 Å². The van der Waals surface area contributed by atoms with E-state index in [9.17, 15) is 0 Å². The summed E-state index contributed by atoms with van der Waals surface area (Å²) in [7, 11) is 0. The van der Waals surface area contributed by atoms with E-state index in [0.29, 0.717) is 24.2 Å². The van der Waals surface area contributed by atoms with E-state index < -0.39 is 0 Å². The van der Waals surface area contributed by atoms with Crippen molar-refractivity contribution in [3.05, 3.63) is 29.9 Å². The van der Waals surface area contributed by atoms with Crippen LogP contribution in [-0.4, -0.2) is 21.7 Å². The molecule has 0 fully saturated rings. The quantitative estimate of drug-likeness (QED) is 0.870. The van der Waals surface area contributed by atoms with Crippen molar-refractivity contribution in [1.29, 1.82) is 0 Å². The molecule has 2 heterocycles. The van der Waals surface area contributed by atoms with Crippen molar-refractivity contribution in [3.63, 3.8) is 0 Å². The smallest absolute Gasteiger partial charge is 0.227 e. The van der Waals surface area contributed by atoms with Crippen molar-refractivity contribution in [2.24, 2.45) is 11.7 Å². The summed E-state index contributed by atoms with van der Waals surface area (Å²) in [5, 5.41) is 4.03. The zero-order valence-corrected chi connectivity index (χ0v) is 10.8. The van der Waals surface area contributed by atoms with Crippen LogP contribution in [0, 0.1) is 5.92 Å². The van der Waals surface area contributed by atoms with Crippen LogP contribution in [-0.2, 0) is 12.8 Å². The van der Waals surface area contributed by atoms with Gasteiger partial charge in [-0.25, -0.2) is 0 Å². The molecule has 2 aromatic rings. The number of rotatable bonds is 5. The van der Waals surface area contributed by atoms with E-state index in [1.54, 1.807) is 6.20 Å². The normalized spacial score (nSPS) is 12.6. The number of hydrogen-bond acceptors (Lipinski definition) is 5. The first-order valence-corrected chi connectivity index (χ1v) is 6.20. The van der Waals surface area contributed by atoms with Gasteiger partial charge in [0, 0.05) is 24.4 Å². The molecule has 1 unspecified atom stereocenters. The molecule has 0 radical (unpaired) electrons. The number of aromatic nitrogens is 3. The molecule has 0 aliphatic heterocycles. The van der Waals surface area contributed by atoms with Gasteiger partial charge in [0.25, 0.3) is 0 Å². The van der Waals surface area contributed by atoms with Crippen LogP contribution in [0.1, 0.15) is 25.3 Å². The van der Waals surface area contributed by atoms with E-state index in [4.69, 9.17) is 10.3 Å². The molecule has 0 aromatic carbocycles. The maximum Gasteiger partial charge on any atom is 0.227 e. The van der Waals surface area contributed by atoms with Gasteiger partial charge in [-0.1, -0.05) is 19.0 Å². The Morgan fingerprint density at radius 1 is 1.44 bits per heavy atom. The van der Waals surface area contributed by atoms with E-state index in [1.807, 2.05) is 12.3 Å². The van der Waals surface area contributed by atoms with Gasteiger partial charge < -0.3 is 10.3 Å². The predicted molar refractivity (Wildman–Crippen MR) is 68.8 cm³/mol. The molecule has 5 heteroatoms. The van der Waals surface area contributed by atoms with Gasteiger partial charge >= 0.3 is 0 Å². The number of pyridine rings is 1. The van der Waals surface area contributed by atoms with Gasteiger partial charge in [-0.05, 0) is 30.5 Å². The number of hydrogen-bond donors (Lipinski definition) is 1. The van der Waals surface area contributed by atoms with Crippen LogP contribution < -0.4 is 5.73 Å². The summed E-state index contributed by atoms with van der Waals surface area (Å²) in [6.07, 6.45) is 5.20. The summed E-state index contributed by atoms with van der Waals surface area (Å²) >= 11 is 0. The Balaban J connectivity index is 2.24. The molecule has 2 aromatic heterocycles. The Labute approximate surface area is 106 Å². The molecular formula is C13H18N4O. The van der Waals surface area contributed by atoms with E-state index >= 15 is 0 Å². The summed E-state index contributed by atoms with van der Waals surface area (Å²) < 4.78 is 5.25. The number of aryl methyl sites for hydroxylation is 1. The minimum absolute atomic E-state index is 0.349. The van der Waals surface area contributed by atoms with Crippen LogP contribution in [0.4, 0.5) is 0 Å². The second-order valence-electron chi connectivity index (χ2n) is 4.44. The lowest BCUT2D eigenvalue weighted by atomic mass is 10.1. The third kappa shape index (κ3) is 2.73. The first kappa shape index (κ1) is 12.7. The van der Waals surface area contributed by atoms with Crippen LogP contribution in [0.15, 0.2) is 23.0 Å². The fraction of sp³-hybridized carbons (Fsp3) is 0.462. The molecule has 2 rings (SSSR count). The van der Waals surface area contributed by atoms with Crippen LogP contribution in [0.2, 0.25) is 0 Å². The lowest BCUT2D eigenvalue weighted by Gasteiger charge is -2.02. The van der Waals surface area contributed by atoms with Gasteiger partial charge in [0.2, 0.25) is 11.7 Å². The average Bonchev–Trinajstić information content (AvgIpc) is 2.86. The van der Waals surface area contributed by atoms with Crippen LogP contribution >= 0.6 is 0 Å². The van der Waals surface area contributed by atoms with Gasteiger partial charge in [0.15, 0.2) is 0 Å². The highest BCUT2D eigenvalue weighted by Crippen LogP contribution is 2.20. The molecule has 18 heavy (non-hydrogen) atoms. The van der Waals surface area contributed by atoms with E-state index in [0.717, 1.165) is 24.0 Å². The van der Waals surface area contributed by atoms with Crippen LogP contribution in [0.5, 0.6) is 0 Å². The molecule has 0 aliphatic carbocycles. The minimum atomic E-state index is 0.349. The molecule has 5 nitrogen and oxygen atoms in total. The van der Waals surface area contributed by atoms with E-state index in [2.05, 4.69) is 29.0 Å². The first-order chi connectivity index (χ1) is 8.74. The molecule has 0 saturated carbocycles. The van der Waals surface area contributed by atoms with Crippen LogP contribution in [0.3, 0.4) is 0 Å². The summed E-state index contributed by atoms with van der Waals surface area (Å²) in [6.45, 7) is 4.76. The highest BCUT2D eigenvalue weighted by atomic mass is 16.5. The fourth-order valence-corrected chi connectivity index (χ4v) is 1.76. The van der Waals surface area contributed by atoms with Crippen molar-refractivity contribution in [3.8, 4) is 11.4 Å². The van der Waals surface area contributed by atoms with Gasteiger partial charge in [-0.15, -0.1) is 0 Å². The van der Waals surface area contributed by atoms with Gasteiger partial charge in [-0.3, -0.25) is 4.98 Å². The molecule has 96 valence electrons. The SMILES string of the molecule is CCc1cnccc1-c1noc(CC(C)CN)n1. The Bertz CT molecular complexity index is 509. The second-order valence-corrected chi connectivity index (χ2v) is 4.44. The maximum atomic E-state index is 5.59. The first-order valence-electron chi connectivity index (χ1n) is 6.20. The molecule has 2 N–H and O–H groups in total. The Kier molecular flexibility index (Phi) is 4.04. The number of nitrogens with two attached hydrogens (primary N) is 1. The van der Waals surface area contributed by atoms with Gasteiger partial charge in [0.05, 0.1) is 0 Å². The Morgan fingerprint density at radius 2 is 2.28 bits per heavy atom. The fourth-order valence-electron chi connectivity index (χ4n) is 1.76. The molecule has 0 spiro atoms. The largest absolute Gasteiger partial charge is 0.339 e. The van der Waals surface area contributed by atoms with Crippen LogP contribution in [0.25, 0.3) is 11.4 Å². The lowest BCUT2D eigenvalue weighted by molar-refractivity contribution is 0.359. The van der Waals surface area contributed by atoms with Crippen molar-refractivity contribution in [1.82, 2.24) is 15.1 Å². The van der Waals surface area contributed by atoms with Crippen molar-refractivity contribution in [2.75, 3.05) is 6.54 Å². The van der Waals surface area contributed by atoms with Crippen molar-refractivity contribution in [2.45, 2.75) is 26.7 Å². The summed E-state index contributed by atoms with van der Waals surface area (Å²) in [5.74, 6) is 1.62. The van der Waals surface area contributed by atoms with E-state index in [1.165, 1.54) is 0 Å². The molecule has 0 bridgehead atoms. The third-order valence-electron chi connectivity index (χ3n) is 2.92. The molecule has 0 amide bonds. The predicted octanol–water partition coefficient (Wildman–Crippen LogP) is 1.83. The highest BCUT2D eigenvalue weighted by Gasteiger charge is 2.13. The lowest BCUT2D eigenvalue weighted by Crippen LogP contribution is -2.13. The van der Waals surface area contributed by atoms with Crippen molar-refractivity contribution >= 4 is 0 Å². The van der Waals surface area contributed by atoms with Gasteiger partial charge in [0.1, 0.15) is 0 Å². The van der Waals surface area contributed by atoms with E-state index in [-0.39, 0.29) is 0 Å². The molecule has 1 atom stereocenters. The zero-order valence-electron chi connectivity index (χ0n) is 10.8. The average molecular weight is 246 g/mol. The second kappa shape index (κ2) is 5.73. The Hall–Kier alpha value is -1.75.